The number of piperidine rings is 1. The third-order valence-electron chi connectivity index (χ3n) is 5.41. The first-order chi connectivity index (χ1) is 12.7. The minimum Gasteiger partial charge on any atom is -0.337 e. The predicted molar refractivity (Wildman–Crippen MR) is 105 cm³/mol. The van der Waals surface area contributed by atoms with Crippen molar-refractivity contribution in [3.63, 3.8) is 0 Å². The second-order valence-electron chi connectivity index (χ2n) is 7.05. The van der Waals surface area contributed by atoms with Gasteiger partial charge in [0.15, 0.2) is 0 Å². The van der Waals surface area contributed by atoms with Crippen LogP contribution in [0, 0.1) is 5.92 Å². The van der Waals surface area contributed by atoms with E-state index in [1.807, 2.05) is 50.6 Å². The van der Waals surface area contributed by atoms with Gasteiger partial charge in [0.2, 0.25) is 0 Å². The molecule has 3 aromatic heterocycles. The summed E-state index contributed by atoms with van der Waals surface area (Å²) in [5.41, 5.74) is 1.98. The molecule has 2 atom stereocenters. The molecule has 132 valence electrons. The molecule has 2 aliphatic rings. The number of hydrogen-bond acceptors (Lipinski definition) is 4. The number of amides is 1. The van der Waals surface area contributed by atoms with Crippen LogP contribution in [-0.2, 0) is 6.54 Å². The fraction of sp³-hybridized carbons (Fsp3) is 0.300. The molecule has 6 heteroatoms. The maximum atomic E-state index is 13.0. The van der Waals surface area contributed by atoms with Gasteiger partial charge in [-0.3, -0.25) is 9.59 Å². The van der Waals surface area contributed by atoms with Gasteiger partial charge in [-0.1, -0.05) is 12.1 Å². The Morgan fingerprint density at radius 2 is 1.85 bits per heavy atom. The van der Waals surface area contributed by atoms with Gasteiger partial charge in [0.25, 0.3) is 11.5 Å². The summed E-state index contributed by atoms with van der Waals surface area (Å²) in [4.78, 5) is 29.6. The Labute approximate surface area is 159 Å². The lowest BCUT2D eigenvalue weighted by Crippen LogP contribution is -2.49. The lowest BCUT2D eigenvalue weighted by Gasteiger charge is -2.42. The van der Waals surface area contributed by atoms with Gasteiger partial charge in [-0.2, -0.15) is 0 Å². The van der Waals surface area contributed by atoms with E-state index in [1.165, 1.54) is 11.3 Å². The molecule has 1 saturated heterocycles. The molecule has 0 aliphatic carbocycles. The van der Waals surface area contributed by atoms with Gasteiger partial charge in [0.1, 0.15) is 0 Å². The summed E-state index contributed by atoms with van der Waals surface area (Å²) < 4.78 is 1.96. The van der Waals surface area contributed by atoms with Crippen molar-refractivity contribution in [1.29, 1.82) is 0 Å². The van der Waals surface area contributed by atoms with E-state index in [-0.39, 0.29) is 17.4 Å². The van der Waals surface area contributed by atoms with Crippen LogP contribution < -0.4 is 5.56 Å². The second-order valence-corrected chi connectivity index (χ2v) is 8.95. The Balaban J connectivity index is 1.49. The zero-order valence-corrected chi connectivity index (χ0v) is 15.8. The normalized spacial score (nSPS) is 21.5. The van der Waals surface area contributed by atoms with Crippen LogP contribution in [0.4, 0.5) is 0 Å². The summed E-state index contributed by atoms with van der Waals surface area (Å²) in [5, 5.41) is 3.95. The highest BCUT2D eigenvalue weighted by atomic mass is 32.1. The van der Waals surface area contributed by atoms with Crippen molar-refractivity contribution in [2.24, 2.45) is 5.92 Å². The Morgan fingerprint density at radius 1 is 1.00 bits per heavy atom. The number of hydrogen-bond donors (Lipinski definition) is 0. The molecule has 2 aliphatic heterocycles. The minimum atomic E-state index is 0.109. The van der Waals surface area contributed by atoms with Gasteiger partial charge >= 0.3 is 0 Å². The molecule has 0 N–H and O–H groups in total. The molecular formula is C20H18N2O2S2. The van der Waals surface area contributed by atoms with Gasteiger partial charge in [0.05, 0.1) is 10.4 Å². The number of nitrogens with zero attached hydrogens (tertiary/aromatic N) is 2. The van der Waals surface area contributed by atoms with Crippen LogP contribution in [0.25, 0.3) is 10.4 Å². The molecule has 0 unspecified atom stereocenters. The van der Waals surface area contributed by atoms with E-state index < -0.39 is 0 Å². The molecule has 0 saturated carbocycles. The van der Waals surface area contributed by atoms with E-state index in [0.29, 0.717) is 19.0 Å². The maximum absolute atomic E-state index is 13.0. The van der Waals surface area contributed by atoms with E-state index in [2.05, 4.69) is 6.07 Å². The van der Waals surface area contributed by atoms with Crippen molar-refractivity contribution in [2.75, 3.05) is 13.1 Å². The highest BCUT2D eigenvalue weighted by Crippen LogP contribution is 2.36. The highest BCUT2D eigenvalue weighted by Gasteiger charge is 2.37. The summed E-state index contributed by atoms with van der Waals surface area (Å²) in [6.45, 7) is 2.14. The topological polar surface area (TPSA) is 42.3 Å². The fourth-order valence-corrected chi connectivity index (χ4v) is 5.72. The lowest BCUT2D eigenvalue weighted by atomic mass is 9.83. The van der Waals surface area contributed by atoms with Crippen LogP contribution in [0.15, 0.2) is 52.0 Å². The van der Waals surface area contributed by atoms with E-state index in [1.54, 1.807) is 11.3 Å². The van der Waals surface area contributed by atoms with Gasteiger partial charge < -0.3 is 9.47 Å². The zero-order chi connectivity index (χ0) is 17.7. The van der Waals surface area contributed by atoms with E-state index >= 15 is 0 Å². The number of carbonyl (C=O) groups excluding carboxylic acids is 1. The molecule has 1 amide bonds. The highest BCUT2D eigenvalue weighted by molar-refractivity contribution is 7.13. The molecule has 0 aromatic carbocycles. The lowest BCUT2D eigenvalue weighted by molar-refractivity contribution is 0.0599. The van der Waals surface area contributed by atoms with Crippen molar-refractivity contribution in [1.82, 2.24) is 9.47 Å². The molecular weight excluding hydrogens is 364 g/mol. The average molecular weight is 383 g/mol. The number of carbonyl (C=O) groups is 1. The first-order valence-electron chi connectivity index (χ1n) is 8.81. The fourth-order valence-electron chi connectivity index (χ4n) is 4.29. The molecule has 2 bridgehead atoms. The summed E-state index contributed by atoms with van der Waals surface area (Å²) in [7, 11) is 0. The first kappa shape index (κ1) is 16.0. The monoisotopic (exact) mass is 382 g/mol. The van der Waals surface area contributed by atoms with Crippen molar-refractivity contribution < 1.29 is 4.79 Å². The average Bonchev–Trinajstić information content (AvgIpc) is 3.36. The van der Waals surface area contributed by atoms with Crippen molar-refractivity contribution in [3.05, 3.63) is 68.1 Å². The quantitative estimate of drug-likeness (QED) is 0.675. The SMILES string of the molecule is O=C(c1cccs1)N1C[C@H]2C[C@H](C1)c1ccc(-c3cccs3)c(=O)n1C2. The summed E-state index contributed by atoms with van der Waals surface area (Å²) in [6.07, 6.45) is 1.06. The van der Waals surface area contributed by atoms with E-state index in [9.17, 15) is 9.59 Å². The second kappa shape index (κ2) is 6.21. The van der Waals surface area contributed by atoms with Gasteiger partial charge in [0, 0.05) is 36.1 Å². The molecule has 0 spiro atoms. The summed E-state index contributed by atoms with van der Waals surface area (Å²) in [5.74, 6) is 0.721. The van der Waals surface area contributed by atoms with Crippen LogP contribution in [0.2, 0.25) is 0 Å². The van der Waals surface area contributed by atoms with Crippen LogP contribution >= 0.6 is 22.7 Å². The summed E-state index contributed by atoms with van der Waals surface area (Å²) >= 11 is 3.10. The third kappa shape index (κ3) is 2.56. The largest absolute Gasteiger partial charge is 0.337 e. The first-order valence-corrected chi connectivity index (χ1v) is 10.6. The zero-order valence-electron chi connectivity index (χ0n) is 14.1. The third-order valence-corrected chi connectivity index (χ3v) is 7.17. The van der Waals surface area contributed by atoms with E-state index in [0.717, 1.165) is 34.0 Å². The Hall–Kier alpha value is -2.18. The van der Waals surface area contributed by atoms with E-state index in [4.69, 9.17) is 0 Å². The Bertz CT molecular complexity index is 1010. The standard InChI is InChI=1S/C20H18N2O2S2/c23-19-15(17-3-1-7-25-17)5-6-16-14-9-13(11-22(16)19)10-21(12-14)20(24)18-4-2-8-26-18/h1-8,13-14H,9-12H2/t13-,14-/m1/s1. The minimum absolute atomic E-state index is 0.109. The van der Waals surface area contributed by atoms with Crippen molar-refractivity contribution in [2.45, 2.75) is 18.9 Å². The van der Waals surface area contributed by atoms with Crippen molar-refractivity contribution >= 4 is 28.6 Å². The summed E-state index contributed by atoms with van der Waals surface area (Å²) in [6, 6.07) is 11.8. The molecule has 0 radical (unpaired) electrons. The van der Waals surface area contributed by atoms with Crippen LogP contribution in [-0.4, -0.2) is 28.5 Å². The molecule has 26 heavy (non-hydrogen) atoms. The number of pyridine rings is 1. The van der Waals surface area contributed by atoms with Gasteiger partial charge in [-0.25, -0.2) is 0 Å². The van der Waals surface area contributed by atoms with Gasteiger partial charge in [-0.05, 0) is 47.4 Å². The molecule has 3 aromatic rings. The molecule has 5 rings (SSSR count). The maximum Gasteiger partial charge on any atom is 0.263 e. The van der Waals surface area contributed by atoms with Crippen LogP contribution in [0.3, 0.4) is 0 Å². The number of fused-ring (bicyclic) bond motifs is 4. The number of aromatic nitrogens is 1. The number of thiophene rings is 2. The predicted octanol–water partition coefficient (Wildman–Crippen LogP) is 3.90. The Kier molecular flexibility index (Phi) is 3.83. The molecule has 1 fully saturated rings. The van der Waals surface area contributed by atoms with Crippen LogP contribution in [0.1, 0.15) is 27.7 Å². The molecule has 4 nitrogen and oxygen atoms in total. The van der Waals surface area contributed by atoms with Crippen LogP contribution in [0.5, 0.6) is 0 Å². The smallest absolute Gasteiger partial charge is 0.263 e. The van der Waals surface area contributed by atoms with Gasteiger partial charge in [-0.15, -0.1) is 22.7 Å². The Morgan fingerprint density at radius 3 is 2.62 bits per heavy atom. The number of likely N-dealkylation sites (tertiary alicyclic amines) is 1. The van der Waals surface area contributed by atoms with Crippen molar-refractivity contribution in [3.8, 4) is 10.4 Å². The number of rotatable bonds is 2. The molecule has 5 heterocycles.